The Labute approximate surface area is 127 Å². The number of anilines is 1. The third-order valence-electron chi connectivity index (χ3n) is 4.66. The number of carboxylic acid groups (broad SMARTS) is 1. The van der Waals surface area contributed by atoms with E-state index >= 15 is 0 Å². The van der Waals surface area contributed by atoms with Crippen molar-refractivity contribution in [1.29, 1.82) is 0 Å². The minimum absolute atomic E-state index is 0.308. The zero-order valence-electron chi connectivity index (χ0n) is 13.3. The summed E-state index contributed by atoms with van der Waals surface area (Å²) < 4.78 is 0. The van der Waals surface area contributed by atoms with Gasteiger partial charge >= 0.3 is 5.97 Å². The molecule has 2 N–H and O–H groups in total. The first kappa shape index (κ1) is 15.8. The molecule has 0 unspecified atom stereocenters. The molecule has 0 saturated heterocycles. The predicted molar refractivity (Wildman–Crippen MR) is 84.9 cm³/mol. The maximum Gasteiger partial charge on any atom is 0.339 e. The van der Waals surface area contributed by atoms with Crippen molar-refractivity contribution in [3.63, 3.8) is 0 Å². The van der Waals surface area contributed by atoms with Crippen LogP contribution >= 0.6 is 0 Å². The van der Waals surface area contributed by atoms with Gasteiger partial charge in [-0.3, -0.25) is 0 Å². The largest absolute Gasteiger partial charge is 0.478 e. The van der Waals surface area contributed by atoms with E-state index in [1.165, 1.54) is 32.1 Å². The Hall–Kier alpha value is -1.58. The summed E-state index contributed by atoms with van der Waals surface area (Å²) in [4.78, 5) is 15.8. The van der Waals surface area contributed by atoms with E-state index in [2.05, 4.69) is 17.2 Å². The molecule has 4 heteroatoms. The highest BCUT2D eigenvalue weighted by molar-refractivity contribution is 5.94. The lowest BCUT2D eigenvalue weighted by Gasteiger charge is -2.28. The van der Waals surface area contributed by atoms with E-state index in [0.29, 0.717) is 17.3 Å². The van der Waals surface area contributed by atoms with Crippen LogP contribution in [-0.2, 0) is 0 Å². The molecule has 21 heavy (non-hydrogen) atoms. The molecule has 1 fully saturated rings. The normalized spacial score (nSPS) is 22.0. The van der Waals surface area contributed by atoms with Gasteiger partial charge in [0.25, 0.3) is 0 Å². The molecule has 1 aliphatic carbocycles. The van der Waals surface area contributed by atoms with E-state index in [9.17, 15) is 9.90 Å². The summed E-state index contributed by atoms with van der Waals surface area (Å²) in [7, 11) is 0. The number of aromatic carboxylic acids is 1. The third-order valence-corrected chi connectivity index (χ3v) is 4.66. The predicted octanol–water partition coefficient (Wildman–Crippen LogP) is 4.02. The number of rotatable bonds is 5. The quantitative estimate of drug-likeness (QED) is 0.859. The Morgan fingerprint density at radius 1 is 1.29 bits per heavy atom. The zero-order valence-corrected chi connectivity index (χ0v) is 13.3. The second-order valence-corrected chi connectivity index (χ2v) is 6.29. The van der Waals surface area contributed by atoms with Crippen LogP contribution in [0, 0.1) is 25.7 Å². The molecular formula is C17H26N2O2. The van der Waals surface area contributed by atoms with Crippen molar-refractivity contribution < 1.29 is 9.90 Å². The number of nitrogens with one attached hydrogen (secondary N) is 1. The molecule has 1 saturated carbocycles. The second-order valence-electron chi connectivity index (χ2n) is 6.29. The Kier molecular flexibility index (Phi) is 5.21. The van der Waals surface area contributed by atoms with E-state index < -0.39 is 5.97 Å². The first-order valence-electron chi connectivity index (χ1n) is 7.96. The van der Waals surface area contributed by atoms with Crippen LogP contribution < -0.4 is 5.32 Å². The van der Waals surface area contributed by atoms with Crippen LogP contribution in [0.4, 0.5) is 5.82 Å². The second kappa shape index (κ2) is 6.92. The van der Waals surface area contributed by atoms with Gasteiger partial charge in [0, 0.05) is 12.2 Å². The molecule has 1 heterocycles. The van der Waals surface area contributed by atoms with Crippen LogP contribution in [-0.4, -0.2) is 22.6 Å². The zero-order chi connectivity index (χ0) is 15.4. The topological polar surface area (TPSA) is 62.2 Å². The molecule has 1 aromatic rings. The van der Waals surface area contributed by atoms with E-state index in [0.717, 1.165) is 23.7 Å². The number of aromatic nitrogens is 1. The van der Waals surface area contributed by atoms with Crippen molar-refractivity contribution in [2.75, 3.05) is 11.9 Å². The minimum Gasteiger partial charge on any atom is -0.478 e. The molecule has 0 aromatic carbocycles. The van der Waals surface area contributed by atoms with Crippen LogP contribution in [0.15, 0.2) is 6.07 Å². The van der Waals surface area contributed by atoms with Crippen LogP contribution in [0.5, 0.6) is 0 Å². The molecule has 0 radical (unpaired) electrons. The van der Waals surface area contributed by atoms with Crippen molar-refractivity contribution in [2.45, 2.75) is 52.9 Å². The van der Waals surface area contributed by atoms with Gasteiger partial charge in [0.2, 0.25) is 0 Å². The number of nitrogens with zero attached hydrogens (tertiary/aromatic N) is 1. The van der Waals surface area contributed by atoms with Crippen LogP contribution in [0.2, 0.25) is 0 Å². The SMILES string of the molecule is CCC1CCC(CNc2nc(C)cc(C)c2C(=O)O)CC1. The Balaban J connectivity index is 2.02. The summed E-state index contributed by atoms with van der Waals surface area (Å²) >= 11 is 0. The van der Waals surface area contributed by atoms with Crippen molar-refractivity contribution in [3.05, 3.63) is 22.9 Å². The first-order valence-corrected chi connectivity index (χ1v) is 7.96. The van der Waals surface area contributed by atoms with Gasteiger partial charge in [-0.25, -0.2) is 9.78 Å². The van der Waals surface area contributed by atoms with Crippen molar-refractivity contribution >= 4 is 11.8 Å². The summed E-state index contributed by atoms with van der Waals surface area (Å²) in [5.41, 5.74) is 1.93. The van der Waals surface area contributed by atoms with E-state index in [4.69, 9.17) is 0 Å². The fraction of sp³-hybridized carbons (Fsp3) is 0.647. The lowest BCUT2D eigenvalue weighted by Crippen LogP contribution is -2.22. The van der Waals surface area contributed by atoms with Crippen molar-refractivity contribution in [1.82, 2.24) is 4.98 Å². The maximum atomic E-state index is 11.4. The van der Waals surface area contributed by atoms with Gasteiger partial charge in [-0.2, -0.15) is 0 Å². The fourth-order valence-corrected chi connectivity index (χ4v) is 3.32. The number of carboxylic acids is 1. The molecule has 1 aromatic heterocycles. The van der Waals surface area contributed by atoms with Gasteiger partial charge in [0.15, 0.2) is 0 Å². The fourth-order valence-electron chi connectivity index (χ4n) is 3.32. The van der Waals surface area contributed by atoms with Gasteiger partial charge in [0.05, 0.1) is 0 Å². The lowest BCUT2D eigenvalue weighted by molar-refractivity contribution is 0.0696. The summed E-state index contributed by atoms with van der Waals surface area (Å²) in [6, 6.07) is 1.82. The summed E-state index contributed by atoms with van der Waals surface area (Å²) in [5.74, 6) is 1.14. The van der Waals surface area contributed by atoms with E-state index in [-0.39, 0.29) is 0 Å². The summed E-state index contributed by atoms with van der Waals surface area (Å²) in [6.07, 6.45) is 6.35. The molecule has 0 bridgehead atoms. The first-order chi connectivity index (χ1) is 10.0. The van der Waals surface area contributed by atoms with Crippen LogP contribution in [0.25, 0.3) is 0 Å². The average Bonchev–Trinajstić information content (AvgIpc) is 2.44. The number of hydrogen-bond donors (Lipinski definition) is 2. The molecule has 4 nitrogen and oxygen atoms in total. The molecule has 0 aliphatic heterocycles. The van der Waals surface area contributed by atoms with Crippen LogP contribution in [0.1, 0.15) is 60.6 Å². The van der Waals surface area contributed by atoms with Gasteiger partial charge in [-0.1, -0.05) is 26.2 Å². The maximum absolute atomic E-state index is 11.4. The molecule has 2 rings (SSSR count). The van der Waals surface area contributed by atoms with E-state index in [1.54, 1.807) is 0 Å². The van der Waals surface area contributed by atoms with Gasteiger partial charge in [-0.05, 0) is 50.2 Å². The standard InChI is InChI=1S/C17H26N2O2/c1-4-13-5-7-14(8-6-13)10-18-16-15(17(20)21)11(2)9-12(3)19-16/h9,13-14H,4-8,10H2,1-3H3,(H,18,19)(H,20,21). The van der Waals surface area contributed by atoms with Gasteiger partial charge < -0.3 is 10.4 Å². The molecule has 0 amide bonds. The van der Waals surface area contributed by atoms with Gasteiger partial charge in [-0.15, -0.1) is 0 Å². The number of carbonyl (C=O) groups is 1. The van der Waals surface area contributed by atoms with Crippen molar-refractivity contribution in [3.8, 4) is 0 Å². The van der Waals surface area contributed by atoms with Gasteiger partial charge in [0.1, 0.15) is 11.4 Å². The monoisotopic (exact) mass is 290 g/mol. The average molecular weight is 290 g/mol. The highest BCUT2D eigenvalue weighted by atomic mass is 16.4. The molecular weight excluding hydrogens is 264 g/mol. The smallest absolute Gasteiger partial charge is 0.339 e. The summed E-state index contributed by atoms with van der Waals surface area (Å²) in [6.45, 7) is 6.82. The van der Waals surface area contributed by atoms with E-state index in [1.807, 2.05) is 19.9 Å². The highest BCUT2D eigenvalue weighted by Crippen LogP contribution is 2.31. The minimum atomic E-state index is -0.905. The number of hydrogen-bond acceptors (Lipinski definition) is 3. The third kappa shape index (κ3) is 3.96. The summed E-state index contributed by atoms with van der Waals surface area (Å²) in [5, 5.41) is 12.6. The molecule has 0 spiro atoms. The number of pyridine rings is 1. The Bertz CT molecular complexity index is 506. The lowest BCUT2D eigenvalue weighted by atomic mass is 9.81. The number of aryl methyl sites for hydroxylation is 2. The molecule has 0 atom stereocenters. The van der Waals surface area contributed by atoms with Crippen molar-refractivity contribution in [2.24, 2.45) is 11.8 Å². The molecule has 1 aliphatic rings. The highest BCUT2D eigenvalue weighted by Gasteiger charge is 2.21. The molecule has 116 valence electrons. The Morgan fingerprint density at radius 2 is 1.90 bits per heavy atom. The van der Waals surface area contributed by atoms with Crippen LogP contribution in [0.3, 0.4) is 0 Å². The Morgan fingerprint density at radius 3 is 2.48 bits per heavy atom.